The lowest BCUT2D eigenvalue weighted by atomic mass is 9.85. The third-order valence-corrected chi connectivity index (χ3v) is 4.25. The average Bonchev–Trinajstić information content (AvgIpc) is 2.42. The van der Waals surface area contributed by atoms with Gasteiger partial charge in [0.15, 0.2) is 5.84 Å². The zero-order valence-corrected chi connectivity index (χ0v) is 12.2. The smallest absolute Gasteiger partial charge is 0.172 e. The number of amidine groups is 1. The first-order chi connectivity index (χ1) is 9.43. The van der Waals surface area contributed by atoms with Crippen LogP contribution in [-0.2, 0) is 0 Å². The van der Waals surface area contributed by atoms with E-state index in [0.29, 0.717) is 23.4 Å². The SMILES string of the molecule is CC1CC(C)C(C)N(c2ccc(F)cc2/C(N)=N/O)C1. The van der Waals surface area contributed by atoms with Crippen molar-refractivity contribution in [1.29, 1.82) is 0 Å². The lowest BCUT2D eigenvalue weighted by Gasteiger charge is -2.43. The van der Waals surface area contributed by atoms with E-state index in [1.54, 1.807) is 6.07 Å². The van der Waals surface area contributed by atoms with Crippen LogP contribution in [0, 0.1) is 17.7 Å². The summed E-state index contributed by atoms with van der Waals surface area (Å²) in [6.07, 6.45) is 1.18. The highest BCUT2D eigenvalue weighted by Crippen LogP contribution is 2.33. The molecule has 1 aliphatic heterocycles. The van der Waals surface area contributed by atoms with Crippen molar-refractivity contribution in [3.63, 3.8) is 0 Å². The molecule has 4 nitrogen and oxygen atoms in total. The van der Waals surface area contributed by atoms with Gasteiger partial charge in [0.25, 0.3) is 0 Å². The lowest BCUT2D eigenvalue weighted by molar-refractivity contribution is 0.296. The van der Waals surface area contributed by atoms with E-state index in [1.807, 2.05) is 0 Å². The molecule has 0 saturated carbocycles. The van der Waals surface area contributed by atoms with Gasteiger partial charge >= 0.3 is 0 Å². The number of piperidine rings is 1. The summed E-state index contributed by atoms with van der Waals surface area (Å²) in [5, 5.41) is 11.9. The van der Waals surface area contributed by atoms with Crippen molar-refractivity contribution in [3.05, 3.63) is 29.6 Å². The average molecular weight is 279 g/mol. The maximum Gasteiger partial charge on any atom is 0.172 e. The fourth-order valence-electron chi connectivity index (χ4n) is 3.05. The van der Waals surface area contributed by atoms with Crippen molar-refractivity contribution < 1.29 is 9.60 Å². The molecule has 2 rings (SSSR count). The number of anilines is 1. The number of hydrogen-bond donors (Lipinski definition) is 2. The van der Waals surface area contributed by atoms with Crippen LogP contribution in [0.1, 0.15) is 32.8 Å². The second-order valence-electron chi connectivity index (χ2n) is 5.86. The van der Waals surface area contributed by atoms with Gasteiger partial charge in [-0.3, -0.25) is 0 Å². The number of nitrogens with zero attached hydrogens (tertiary/aromatic N) is 2. The minimum absolute atomic E-state index is 0.0578. The normalized spacial score (nSPS) is 27.7. The summed E-state index contributed by atoms with van der Waals surface area (Å²) >= 11 is 0. The van der Waals surface area contributed by atoms with Crippen LogP contribution in [0.15, 0.2) is 23.4 Å². The van der Waals surface area contributed by atoms with E-state index < -0.39 is 0 Å². The maximum atomic E-state index is 13.5. The highest BCUT2D eigenvalue weighted by atomic mass is 19.1. The van der Waals surface area contributed by atoms with Gasteiger partial charge in [-0.25, -0.2) is 4.39 Å². The Labute approximate surface area is 119 Å². The van der Waals surface area contributed by atoms with Gasteiger partial charge in [0.1, 0.15) is 5.82 Å². The van der Waals surface area contributed by atoms with Crippen LogP contribution >= 0.6 is 0 Å². The Hall–Kier alpha value is -1.78. The highest BCUT2D eigenvalue weighted by Gasteiger charge is 2.30. The number of nitrogens with two attached hydrogens (primary N) is 1. The van der Waals surface area contributed by atoms with Crippen LogP contribution < -0.4 is 10.6 Å². The number of benzene rings is 1. The first kappa shape index (κ1) is 14.6. The molecular weight excluding hydrogens is 257 g/mol. The molecular formula is C15H22FN3O. The Morgan fingerprint density at radius 3 is 2.75 bits per heavy atom. The van der Waals surface area contributed by atoms with Gasteiger partial charge in [-0.1, -0.05) is 19.0 Å². The molecule has 0 aromatic heterocycles. The maximum absolute atomic E-state index is 13.5. The van der Waals surface area contributed by atoms with E-state index in [9.17, 15) is 4.39 Å². The standard InChI is InChI=1S/C15H22FN3O/c1-9-6-10(2)11(3)19(8-9)14-5-4-12(16)7-13(14)15(17)18-20/h4-5,7,9-11,20H,6,8H2,1-3H3,(H2,17,18). The minimum atomic E-state index is -0.388. The van der Waals surface area contributed by atoms with Gasteiger partial charge in [-0.05, 0) is 43.4 Å². The Bertz CT molecular complexity index is 518. The summed E-state index contributed by atoms with van der Waals surface area (Å²) in [5.41, 5.74) is 6.96. The largest absolute Gasteiger partial charge is 0.409 e. The van der Waals surface area contributed by atoms with Crippen LogP contribution in [0.25, 0.3) is 0 Å². The molecule has 110 valence electrons. The molecule has 1 aromatic rings. The van der Waals surface area contributed by atoms with Crippen LogP contribution in [0.3, 0.4) is 0 Å². The van der Waals surface area contributed by atoms with Crippen LogP contribution in [0.2, 0.25) is 0 Å². The van der Waals surface area contributed by atoms with Crippen molar-refractivity contribution in [3.8, 4) is 0 Å². The molecule has 0 aliphatic carbocycles. The van der Waals surface area contributed by atoms with Crippen molar-refractivity contribution >= 4 is 11.5 Å². The molecule has 1 saturated heterocycles. The van der Waals surface area contributed by atoms with Crippen molar-refractivity contribution in [2.75, 3.05) is 11.4 Å². The van der Waals surface area contributed by atoms with Crippen LogP contribution in [0.4, 0.5) is 10.1 Å². The van der Waals surface area contributed by atoms with Gasteiger partial charge < -0.3 is 15.8 Å². The number of rotatable bonds is 2. The Balaban J connectivity index is 2.46. The summed E-state index contributed by atoms with van der Waals surface area (Å²) < 4.78 is 13.5. The molecule has 0 amide bonds. The van der Waals surface area contributed by atoms with Crippen molar-refractivity contribution in [1.82, 2.24) is 0 Å². The minimum Gasteiger partial charge on any atom is -0.409 e. The molecule has 3 N–H and O–H groups in total. The quantitative estimate of drug-likeness (QED) is 0.379. The lowest BCUT2D eigenvalue weighted by Crippen LogP contribution is -2.46. The van der Waals surface area contributed by atoms with Gasteiger partial charge in [0.05, 0.1) is 0 Å². The van der Waals surface area contributed by atoms with E-state index in [0.717, 1.165) is 12.2 Å². The highest BCUT2D eigenvalue weighted by molar-refractivity contribution is 6.02. The van der Waals surface area contributed by atoms with Crippen molar-refractivity contribution in [2.45, 2.75) is 33.2 Å². The van der Waals surface area contributed by atoms with Gasteiger partial charge in [0, 0.05) is 23.8 Å². The second kappa shape index (κ2) is 5.69. The third-order valence-electron chi connectivity index (χ3n) is 4.25. The predicted molar refractivity (Wildman–Crippen MR) is 78.7 cm³/mol. The third kappa shape index (κ3) is 2.71. The van der Waals surface area contributed by atoms with Crippen LogP contribution in [-0.4, -0.2) is 23.6 Å². The molecule has 1 heterocycles. The molecule has 1 aliphatic rings. The zero-order chi connectivity index (χ0) is 14.9. The zero-order valence-electron chi connectivity index (χ0n) is 12.2. The molecule has 1 fully saturated rings. The number of oxime groups is 1. The summed E-state index contributed by atoms with van der Waals surface area (Å²) in [5.74, 6) is 0.661. The molecule has 3 atom stereocenters. The molecule has 0 radical (unpaired) electrons. The summed E-state index contributed by atoms with van der Waals surface area (Å²) in [7, 11) is 0. The molecule has 0 bridgehead atoms. The first-order valence-electron chi connectivity index (χ1n) is 6.98. The molecule has 1 aromatic carbocycles. The first-order valence-corrected chi connectivity index (χ1v) is 6.98. The predicted octanol–water partition coefficient (Wildman–Crippen LogP) is 2.79. The van der Waals surface area contributed by atoms with E-state index in [4.69, 9.17) is 10.9 Å². The molecule has 3 unspecified atom stereocenters. The Morgan fingerprint density at radius 1 is 1.40 bits per heavy atom. The van der Waals surface area contributed by atoms with E-state index in [1.165, 1.54) is 18.6 Å². The summed E-state index contributed by atoms with van der Waals surface area (Å²) in [6.45, 7) is 7.49. The summed E-state index contributed by atoms with van der Waals surface area (Å²) in [6, 6.07) is 4.78. The van der Waals surface area contributed by atoms with E-state index in [2.05, 4.69) is 30.8 Å². The molecule has 0 spiro atoms. The Morgan fingerprint density at radius 2 is 2.10 bits per heavy atom. The second-order valence-corrected chi connectivity index (χ2v) is 5.86. The van der Waals surface area contributed by atoms with E-state index in [-0.39, 0.29) is 11.7 Å². The molecule has 5 heteroatoms. The number of halogens is 1. The fraction of sp³-hybridized carbons (Fsp3) is 0.533. The summed E-state index contributed by atoms with van der Waals surface area (Å²) in [4.78, 5) is 2.23. The van der Waals surface area contributed by atoms with Gasteiger partial charge in [-0.15, -0.1) is 0 Å². The van der Waals surface area contributed by atoms with Gasteiger partial charge in [0.2, 0.25) is 0 Å². The topological polar surface area (TPSA) is 61.8 Å². The monoisotopic (exact) mass is 279 g/mol. The molecule has 20 heavy (non-hydrogen) atoms. The van der Waals surface area contributed by atoms with Gasteiger partial charge in [-0.2, -0.15) is 0 Å². The van der Waals surface area contributed by atoms with E-state index >= 15 is 0 Å². The Kier molecular flexibility index (Phi) is 4.16. The van der Waals surface area contributed by atoms with Crippen LogP contribution in [0.5, 0.6) is 0 Å². The van der Waals surface area contributed by atoms with Crippen molar-refractivity contribution in [2.24, 2.45) is 22.7 Å². The number of hydrogen-bond acceptors (Lipinski definition) is 3. The fourth-order valence-corrected chi connectivity index (χ4v) is 3.05.